The number of thiazole rings is 1. The summed E-state index contributed by atoms with van der Waals surface area (Å²) in [5.74, 6) is 0.260. The van der Waals surface area contributed by atoms with Crippen molar-refractivity contribution in [1.29, 1.82) is 0 Å². The van der Waals surface area contributed by atoms with Gasteiger partial charge in [-0.25, -0.2) is 0 Å². The van der Waals surface area contributed by atoms with Gasteiger partial charge in [0.2, 0.25) is 5.52 Å². The summed E-state index contributed by atoms with van der Waals surface area (Å²) in [6.45, 7) is 6.77. The Morgan fingerprint density at radius 1 is 0.911 bits per heavy atom. The highest BCUT2D eigenvalue weighted by atomic mass is 32.2. The van der Waals surface area contributed by atoms with Crippen molar-refractivity contribution in [3.63, 3.8) is 0 Å². The Hall–Kier alpha value is -3.35. The van der Waals surface area contributed by atoms with Crippen molar-refractivity contribution >= 4 is 47.9 Å². The van der Waals surface area contributed by atoms with E-state index in [4.69, 9.17) is 4.74 Å². The lowest BCUT2D eigenvalue weighted by Crippen LogP contribution is -2.35. The molecule has 238 valence electrons. The summed E-state index contributed by atoms with van der Waals surface area (Å²) in [5.41, 5.74) is 7.30. The standard InChI is InChI=1S/C34H37NO7S3/c1-4-25(21-34-35(15-8-9-16-44(36,37)38)30-18-23(2)24(3)19-33(30)43-34)20-32-28(14-17-45(39,40)41)29-22-27(12-13-31(29)42-32)26-10-6-5-7-11-26/h5-7,10-13,18-22,28H,4,8-9,14-17H2,1-3H3,(H-,36,37,38,39,40,41)/p+1. The van der Waals surface area contributed by atoms with Gasteiger partial charge in [-0.2, -0.15) is 21.4 Å². The Kier molecular flexibility index (Phi) is 9.95. The van der Waals surface area contributed by atoms with Gasteiger partial charge in [-0.05, 0) is 85.2 Å². The Labute approximate surface area is 269 Å². The van der Waals surface area contributed by atoms with Gasteiger partial charge in [-0.1, -0.05) is 54.7 Å². The number of ether oxygens (including phenoxy) is 1. The van der Waals surface area contributed by atoms with Crippen molar-refractivity contribution in [2.24, 2.45) is 0 Å². The van der Waals surface area contributed by atoms with Crippen molar-refractivity contribution in [2.45, 2.75) is 58.9 Å². The first-order valence-corrected chi connectivity index (χ1v) is 19.0. The van der Waals surface area contributed by atoms with E-state index in [1.165, 1.54) is 5.56 Å². The number of aryl methyl sites for hydroxylation is 3. The summed E-state index contributed by atoms with van der Waals surface area (Å²) < 4.78 is 74.6. The van der Waals surface area contributed by atoms with Gasteiger partial charge in [0.15, 0.2) is 6.54 Å². The summed E-state index contributed by atoms with van der Waals surface area (Å²) in [6.07, 6.45) is 5.84. The molecule has 0 amide bonds. The van der Waals surface area contributed by atoms with Crippen LogP contribution in [0, 0.1) is 13.8 Å². The second kappa shape index (κ2) is 13.6. The van der Waals surface area contributed by atoms with E-state index in [0.717, 1.165) is 43.1 Å². The second-order valence-electron chi connectivity index (χ2n) is 11.5. The van der Waals surface area contributed by atoms with Crippen LogP contribution in [0.5, 0.6) is 5.75 Å². The second-order valence-corrected chi connectivity index (χ2v) is 15.7. The molecule has 4 aromatic rings. The van der Waals surface area contributed by atoms with Crippen molar-refractivity contribution in [1.82, 2.24) is 0 Å². The number of unbranched alkanes of at least 4 members (excludes halogenated alkanes) is 1. The van der Waals surface area contributed by atoms with E-state index in [1.54, 1.807) is 11.3 Å². The molecule has 0 bridgehead atoms. The van der Waals surface area contributed by atoms with Crippen LogP contribution < -0.4 is 9.30 Å². The molecule has 1 unspecified atom stereocenters. The third kappa shape index (κ3) is 8.28. The monoisotopic (exact) mass is 668 g/mol. The highest BCUT2D eigenvalue weighted by Gasteiger charge is 2.31. The van der Waals surface area contributed by atoms with Crippen molar-refractivity contribution in [3.8, 4) is 16.9 Å². The maximum Gasteiger partial charge on any atom is 0.264 e. The molecule has 11 heteroatoms. The number of hydrogen-bond acceptors (Lipinski definition) is 6. The van der Waals surface area contributed by atoms with Crippen molar-refractivity contribution in [2.75, 3.05) is 11.5 Å². The van der Waals surface area contributed by atoms with Crippen molar-refractivity contribution in [3.05, 3.63) is 99.8 Å². The number of fused-ring (bicyclic) bond motifs is 2. The number of hydrogen-bond donors (Lipinski definition) is 2. The quantitative estimate of drug-likeness (QED) is 0.0925. The number of aromatic nitrogens is 1. The van der Waals surface area contributed by atoms with Crippen LogP contribution in [0.1, 0.15) is 60.2 Å². The minimum atomic E-state index is -4.18. The summed E-state index contributed by atoms with van der Waals surface area (Å²) in [6, 6.07) is 20.2. The van der Waals surface area contributed by atoms with Crippen LogP contribution >= 0.6 is 11.3 Å². The number of nitrogens with zero attached hydrogens (tertiary/aromatic N) is 1. The molecule has 0 fully saturated rings. The van der Waals surface area contributed by atoms with E-state index in [-0.39, 0.29) is 18.1 Å². The Balaban J connectivity index is 1.53. The molecule has 1 aromatic heterocycles. The molecule has 0 saturated heterocycles. The Morgan fingerprint density at radius 3 is 2.31 bits per heavy atom. The maximum atomic E-state index is 11.8. The zero-order chi connectivity index (χ0) is 32.4. The van der Waals surface area contributed by atoms with Crippen LogP contribution in [-0.4, -0.2) is 37.4 Å². The smallest absolute Gasteiger partial charge is 0.264 e. The molecule has 1 atom stereocenters. The molecular weight excluding hydrogens is 631 g/mol. The van der Waals surface area contributed by atoms with E-state index in [9.17, 15) is 25.9 Å². The van der Waals surface area contributed by atoms with Gasteiger partial charge in [0.05, 0.1) is 11.5 Å². The molecule has 0 aliphatic carbocycles. The summed E-state index contributed by atoms with van der Waals surface area (Å²) in [4.78, 5) is 0. The molecule has 2 heterocycles. The fourth-order valence-electron chi connectivity index (χ4n) is 5.60. The average molecular weight is 669 g/mol. The Bertz CT molecular complexity index is 1990. The van der Waals surface area contributed by atoms with E-state index >= 15 is 0 Å². The maximum absolute atomic E-state index is 11.8. The van der Waals surface area contributed by atoms with E-state index < -0.39 is 26.0 Å². The fourth-order valence-corrected chi connectivity index (χ4v) is 7.95. The fraction of sp³-hybridized carbons (Fsp3) is 0.324. The van der Waals surface area contributed by atoms with Crippen LogP contribution in [0.25, 0.3) is 27.4 Å². The Morgan fingerprint density at radius 2 is 1.62 bits per heavy atom. The summed E-state index contributed by atoms with van der Waals surface area (Å²) in [5, 5.41) is 0.993. The third-order valence-electron chi connectivity index (χ3n) is 8.15. The summed E-state index contributed by atoms with van der Waals surface area (Å²) in [7, 11) is -8.20. The normalized spacial score (nSPS) is 16.3. The van der Waals surface area contributed by atoms with Gasteiger partial charge in [-0.15, -0.1) is 0 Å². The lowest BCUT2D eigenvalue weighted by molar-refractivity contribution is -0.669. The van der Waals surface area contributed by atoms with Gasteiger partial charge in [0.25, 0.3) is 25.2 Å². The minimum Gasteiger partial charge on any atom is -0.461 e. The van der Waals surface area contributed by atoms with Gasteiger partial charge in [-0.3, -0.25) is 9.11 Å². The number of benzene rings is 3. The van der Waals surface area contributed by atoms with Crippen LogP contribution in [0.4, 0.5) is 0 Å². The number of rotatable bonds is 12. The van der Waals surface area contributed by atoms with Gasteiger partial charge >= 0.3 is 0 Å². The summed E-state index contributed by atoms with van der Waals surface area (Å²) >= 11 is 1.65. The molecule has 45 heavy (non-hydrogen) atoms. The molecule has 0 saturated carbocycles. The van der Waals surface area contributed by atoms with Crippen LogP contribution in [0.15, 0.2) is 78.1 Å². The highest BCUT2D eigenvalue weighted by Crippen LogP contribution is 2.45. The predicted molar refractivity (Wildman–Crippen MR) is 180 cm³/mol. The first-order valence-electron chi connectivity index (χ1n) is 14.9. The molecule has 5 rings (SSSR count). The zero-order valence-electron chi connectivity index (χ0n) is 25.6. The molecule has 2 N–H and O–H groups in total. The molecule has 1 aliphatic heterocycles. The molecule has 0 radical (unpaired) electrons. The molecule has 1 aliphatic rings. The van der Waals surface area contributed by atoms with Gasteiger partial charge in [0, 0.05) is 30.0 Å². The predicted octanol–water partition coefficient (Wildman–Crippen LogP) is 7.27. The first-order chi connectivity index (χ1) is 21.3. The third-order valence-corrected chi connectivity index (χ3v) is 10.8. The zero-order valence-corrected chi connectivity index (χ0v) is 28.0. The highest BCUT2D eigenvalue weighted by molar-refractivity contribution is 7.86. The number of allylic oxidation sites excluding steroid dienone is 3. The lowest BCUT2D eigenvalue weighted by atomic mass is 9.92. The average Bonchev–Trinajstić information content (AvgIpc) is 3.49. The van der Waals surface area contributed by atoms with E-state index in [2.05, 4.69) is 36.6 Å². The van der Waals surface area contributed by atoms with Gasteiger partial charge in [0.1, 0.15) is 16.2 Å². The van der Waals surface area contributed by atoms with Crippen molar-refractivity contribution < 1.29 is 35.2 Å². The first kappa shape index (κ1) is 33.0. The van der Waals surface area contributed by atoms with Crippen LogP contribution in [-0.2, 0) is 26.8 Å². The topological polar surface area (TPSA) is 122 Å². The SMILES string of the molecule is CCC(=Cc1sc2cc(C)c(C)cc2[n+]1CCCCS(=O)(=O)O)C=C1Oc2ccc(-c3ccccc3)cc2C1CCS(=O)(=O)O. The minimum absolute atomic E-state index is 0.169. The van der Waals surface area contributed by atoms with E-state index in [1.807, 2.05) is 61.5 Å². The van der Waals surface area contributed by atoms with Gasteiger partial charge < -0.3 is 4.74 Å². The van der Waals surface area contributed by atoms with Crippen LogP contribution in [0.2, 0.25) is 0 Å². The lowest BCUT2D eigenvalue weighted by Gasteiger charge is -2.12. The largest absolute Gasteiger partial charge is 0.461 e. The van der Waals surface area contributed by atoms with E-state index in [0.29, 0.717) is 37.3 Å². The molecule has 8 nitrogen and oxygen atoms in total. The molecular formula is C34H38NO7S3+. The molecule has 3 aromatic carbocycles. The van der Waals surface area contributed by atoms with Crippen LogP contribution in [0.3, 0.4) is 0 Å². The molecule has 0 spiro atoms.